The lowest BCUT2D eigenvalue weighted by molar-refractivity contribution is -0.116. The molecule has 0 spiro atoms. The number of nitrogens with zero attached hydrogens (tertiary/aromatic N) is 1. The van der Waals surface area contributed by atoms with Crippen LogP contribution in [-0.2, 0) is 4.79 Å². The standard InChI is InChI=1S/C14H16ClNO3/c1-19-12-7-3-2-6-11(12)14(18)16-8-4-5-10(9-16)13(15)17/h2-3,6-7,10H,4-5,8-9H2,1H3. The minimum atomic E-state index is -0.363. The van der Waals surface area contributed by atoms with E-state index in [1.807, 2.05) is 6.07 Å². The highest BCUT2D eigenvalue weighted by Gasteiger charge is 2.28. The summed E-state index contributed by atoms with van der Waals surface area (Å²) < 4.78 is 5.19. The van der Waals surface area contributed by atoms with Crippen molar-refractivity contribution in [2.75, 3.05) is 20.2 Å². The highest BCUT2D eigenvalue weighted by molar-refractivity contribution is 6.64. The van der Waals surface area contributed by atoms with Gasteiger partial charge in [-0.1, -0.05) is 12.1 Å². The molecule has 1 heterocycles. The van der Waals surface area contributed by atoms with Crippen LogP contribution in [0.4, 0.5) is 0 Å². The molecule has 1 aromatic rings. The number of benzene rings is 1. The number of hydrogen-bond acceptors (Lipinski definition) is 3. The van der Waals surface area contributed by atoms with Gasteiger partial charge in [-0.15, -0.1) is 0 Å². The number of amides is 1. The van der Waals surface area contributed by atoms with Crippen molar-refractivity contribution in [1.82, 2.24) is 4.90 Å². The Labute approximate surface area is 117 Å². The quantitative estimate of drug-likeness (QED) is 0.799. The van der Waals surface area contributed by atoms with Gasteiger partial charge in [-0.25, -0.2) is 0 Å². The first kappa shape index (κ1) is 13.9. The molecule has 0 N–H and O–H groups in total. The summed E-state index contributed by atoms with van der Waals surface area (Å²) in [5, 5.41) is -0.363. The van der Waals surface area contributed by atoms with E-state index in [1.165, 1.54) is 7.11 Å². The summed E-state index contributed by atoms with van der Waals surface area (Å²) in [5.41, 5.74) is 0.521. The van der Waals surface area contributed by atoms with E-state index in [2.05, 4.69) is 0 Å². The number of para-hydroxylation sites is 1. The van der Waals surface area contributed by atoms with Crippen LogP contribution >= 0.6 is 11.6 Å². The first-order chi connectivity index (χ1) is 9.13. The Bertz CT molecular complexity index is 489. The van der Waals surface area contributed by atoms with Crippen LogP contribution in [0.1, 0.15) is 23.2 Å². The largest absolute Gasteiger partial charge is 0.496 e. The Hall–Kier alpha value is -1.55. The van der Waals surface area contributed by atoms with Crippen LogP contribution in [0, 0.1) is 5.92 Å². The summed E-state index contributed by atoms with van der Waals surface area (Å²) in [5.74, 6) is 0.181. The molecule has 1 aromatic carbocycles. The SMILES string of the molecule is COc1ccccc1C(=O)N1CCCC(C(=O)Cl)C1. The van der Waals surface area contributed by atoms with E-state index in [1.54, 1.807) is 23.1 Å². The summed E-state index contributed by atoms with van der Waals surface area (Å²) in [6, 6.07) is 7.09. The normalized spacial score (nSPS) is 19.1. The molecular formula is C14H16ClNO3. The monoisotopic (exact) mass is 281 g/mol. The van der Waals surface area contributed by atoms with Crippen molar-refractivity contribution in [2.24, 2.45) is 5.92 Å². The summed E-state index contributed by atoms with van der Waals surface area (Å²) >= 11 is 5.53. The molecule has 0 aliphatic carbocycles. The lowest BCUT2D eigenvalue weighted by atomic mass is 9.98. The summed E-state index contributed by atoms with van der Waals surface area (Å²) in [6.07, 6.45) is 1.54. The van der Waals surface area contributed by atoms with Gasteiger partial charge in [-0.3, -0.25) is 9.59 Å². The van der Waals surface area contributed by atoms with E-state index in [4.69, 9.17) is 16.3 Å². The Morgan fingerprint density at radius 1 is 1.37 bits per heavy atom. The van der Waals surface area contributed by atoms with Crippen LogP contribution in [0.5, 0.6) is 5.75 Å². The van der Waals surface area contributed by atoms with Gasteiger partial charge in [0.05, 0.1) is 18.6 Å². The van der Waals surface area contributed by atoms with Crippen molar-refractivity contribution in [3.8, 4) is 5.75 Å². The molecule has 4 nitrogen and oxygen atoms in total. The minimum Gasteiger partial charge on any atom is -0.496 e. The lowest BCUT2D eigenvalue weighted by Crippen LogP contribution is -2.41. The Balaban J connectivity index is 2.17. The fraction of sp³-hybridized carbons (Fsp3) is 0.429. The third-order valence-electron chi connectivity index (χ3n) is 3.37. The highest BCUT2D eigenvalue weighted by atomic mass is 35.5. The number of hydrogen-bond donors (Lipinski definition) is 0. The van der Waals surface area contributed by atoms with Gasteiger partial charge < -0.3 is 9.64 Å². The molecule has 1 aliphatic heterocycles. The van der Waals surface area contributed by atoms with Crippen LogP contribution in [0.2, 0.25) is 0 Å². The molecule has 1 saturated heterocycles. The number of piperidine rings is 1. The predicted octanol–water partition coefficient (Wildman–Crippen LogP) is 2.31. The maximum absolute atomic E-state index is 12.4. The summed E-state index contributed by atoms with van der Waals surface area (Å²) in [4.78, 5) is 25.3. The molecule has 1 fully saturated rings. The first-order valence-corrected chi connectivity index (χ1v) is 6.63. The van der Waals surface area contributed by atoms with Crippen molar-refractivity contribution in [2.45, 2.75) is 12.8 Å². The van der Waals surface area contributed by atoms with E-state index < -0.39 is 0 Å². The van der Waals surface area contributed by atoms with Crippen LogP contribution in [-0.4, -0.2) is 36.2 Å². The predicted molar refractivity (Wildman–Crippen MR) is 72.5 cm³/mol. The van der Waals surface area contributed by atoms with E-state index in [0.29, 0.717) is 24.4 Å². The molecule has 0 saturated carbocycles. The van der Waals surface area contributed by atoms with E-state index in [9.17, 15) is 9.59 Å². The smallest absolute Gasteiger partial charge is 0.257 e. The summed E-state index contributed by atoms with van der Waals surface area (Å²) in [7, 11) is 1.54. The Kier molecular flexibility index (Phi) is 4.43. The van der Waals surface area contributed by atoms with Gasteiger partial charge in [-0.2, -0.15) is 0 Å². The van der Waals surface area contributed by atoms with E-state index in [0.717, 1.165) is 12.8 Å². The average molecular weight is 282 g/mol. The van der Waals surface area contributed by atoms with Crippen LogP contribution in [0.15, 0.2) is 24.3 Å². The number of rotatable bonds is 3. The highest BCUT2D eigenvalue weighted by Crippen LogP contribution is 2.24. The zero-order chi connectivity index (χ0) is 13.8. The van der Waals surface area contributed by atoms with Crippen LogP contribution in [0.3, 0.4) is 0 Å². The van der Waals surface area contributed by atoms with E-state index in [-0.39, 0.29) is 17.1 Å². The van der Waals surface area contributed by atoms with Gasteiger partial charge >= 0.3 is 0 Å². The van der Waals surface area contributed by atoms with Gasteiger partial charge in [0.15, 0.2) is 0 Å². The topological polar surface area (TPSA) is 46.6 Å². The number of carbonyl (C=O) groups is 2. The first-order valence-electron chi connectivity index (χ1n) is 6.25. The van der Waals surface area contributed by atoms with Crippen LogP contribution in [0.25, 0.3) is 0 Å². The van der Waals surface area contributed by atoms with E-state index >= 15 is 0 Å². The molecule has 102 valence electrons. The molecule has 1 aliphatic rings. The molecule has 1 unspecified atom stereocenters. The second-order valence-corrected chi connectivity index (χ2v) is 4.97. The molecule has 19 heavy (non-hydrogen) atoms. The number of likely N-dealkylation sites (tertiary alicyclic amines) is 1. The molecule has 1 amide bonds. The van der Waals surface area contributed by atoms with Crippen molar-refractivity contribution >= 4 is 22.8 Å². The lowest BCUT2D eigenvalue weighted by Gasteiger charge is -2.31. The number of carbonyl (C=O) groups excluding carboxylic acids is 2. The van der Waals surface area contributed by atoms with Gasteiger partial charge in [0.25, 0.3) is 5.91 Å². The molecule has 0 aromatic heterocycles. The third kappa shape index (κ3) is 3.07. The Morgan fingerprint density at radius 3 is 2.79 bits per heavy atom. The molecule has 0 radical (unpaired) electrons. The van der Waals surface area contributed by atoms with Gasteiger partial charge in [0, 0.05) is 13.1 Å². The van der Waals surface area contributed by atoms with Gasteiger partial charge in [-0.05, 0) is 36.6 Å². The Morgan fingerprint density at radius 2 is 2.11 bits per heavy atom. The number of ether oxygens (including phenoxy) is 1. The van der Waals surface area contributed by atoms with Crippen molar-refractivity contribution in [3.05, 3.63) is 29.8 Å². The van der Waals surface area contributed by atoms with Gasteiger partial charge in [0.1, 0.15) is 5.75 Å². The number of methoxy groups -OCH3 is 1. The molecule has 2 rings (SSSR count). The second kappa shape index (κ2) is 6.06. The maximum Gasteiger partial charge on any atom is 0.257 e. The van der Waals surface area contributed by atoms with Crippen molar-refractivity contribution < 1.29 is 14.3 Å². The summed E-state index contributed by atoms with van der Waals surface area (Å²) in [6.45, 7) is 1.04. The zero-order valence-corrected chi connectivity index (χ0v) is 11.5. The fourth-order valence-corrected chi connectivity index (χ4v) is 2.52. The zero-order valence-electron chi connectivity index (χ0n) is 10.8. The van der Waals surface area contributed by atoms with Crippen molar-refractivity contribution in [3.63, 3.8) is 0 Å². The number of halogens is 1. The third-order valence-corrected chi connectivity index (χ3v) is 3.68. The van der Waals surface area contributed by atoms with Gasteiger partial charge in [0.2, 0.25) is 5.24 Å². The molecular weight excluding hydrogens is 266 g/mol. The molecule has 0 bridgehead atoms. The van der Waals surface area contributed by atoms with Crippen LogP contribution < -0.4 is 4.74 Å². The second-order valence-electron chi connectivity index (χ2n) is 4.59. The maximum atomic E-state index is 12.4. The molecule has 1 atom stereocenters. The minimum absolute atomic E-state index is 0.111. The fourth-order valence-electron chi connectivity index (χ4n) is 2.34. The van der Waals surface area contributed by atoms with Crippen molar-refractivity contribution in [1.29, 1.82) is 0 Å². The average Bonchev–Trinajstić information content (AvgIpc) is 2.46. The molecule has 5 heteroatoms.